The molecular weight excluding hydrogens is 290 g/mol. The van der Waals surface area contributed by atoms with Crippen LogP contribution >= 0.6 is 23.3 Å². The monoisotopic (exact) mass is 305 g/mol. The van der Waals surface area contributed by atoms with Gasteiger partial charge in [-0.15, -0.1) is 5.10 Å². The summed E-state index contributed by atoms with van der Waals surface area (Å²) in [5, 5.41) is 5.26. The maximum atomic E-state index is 4.50. The van der Waals surface area contributed by atoms with Gasteiger partial charge in [0, 0.05) is 22.0 Å². The van der Waals surface area contributed by atoms with E-state index in [-0.39, 0.29) is 0 Å². The molecule has 0 atom stereocenters. The van der Waals surface area contributed by atoms with Crippen molar-refractivity contribution in [3.8, 4) is 0 Å². The molecule has 3 aromatic rings. The Morgan fingerprint density at radius 3 is 2.70 bits per heavy atom. The second-order valence-electron chi connectivity index (χ2n) is 4.74. The van der Waals surface area contributed by atoms with Crippen LogP contribution in [0, 0.1) is 27.7 Å². The minimum Gasteiger partial charge on any atom is -0.216 e. The maximum Gasteiger partial charge on any atom is 0.253 e. The van der Waals surface area contributed by atoms with E-state index in [4.69, 9.17) is 0 Å². The Morgan fingerprint density at radius 2 is 2.00 bits per heavy atom. The average Bonchev–Trinajstić information content (AvgIpc) is 2.92. The Hall–Kier alpha value is -1.47. The zero-order chi connectivity index (χ0) is 14.3. The number of nitrogens with zero attached hydrogens (tertiary/aromatic N) is 5. The van der Waals surface area contributed by atoms with Crippen molar-refractivity contribution in [3.63, 3.8) is 0 Å². The molecule has 3 heterocycles. The third-order valence-electron chi connectivity index (χ3n) is 3.13. The van der Waals surface area contributed by atoms with Gasteiger partial charge in [-0.05, 0) is 50.9 Å². The Bertz CT molecular complexity index is 755. The lowest BCUT2D eigenvalue weighted by atomic mass is 10.2. The Kier molecular flexibility index (Phi) is 3.47. The summed E-state index contributed by atoms with van der Waals surface area (Å²) in [5.74, 6) is 1.52. The van der Waals surface area contributed by atoms with Crippen LogP contribution in [0.3, 0.4) is 0 Å². The highest BCUT2D eigenvalue weighted by atomic mass is 32.2. The lowest BCUT2D eigenvalue weighted by Crippen LogP contribution is -1.97. The molecule has 0 unspecified atom stereocenters. The van der Waals surface area contributed by atoms with Crippen LogP contribution in [-0.4, -0.2) is 24.0 Å². The van der Waals surface area contributed by atoms with Crippen LogP contribution in [0.15, 0.2) is 11.2 Å². The highest BCUT2D eigenvalue weighted by Gasteiger charge is 2.11. The fraction of sp³-hybridized carbons (Fsp3) is 0.385. The highest BCUT2D eigenvalue weighted by molar-refractivity contribution is 7.98. The van der Waals surface area contributed by atoms with E-state index >= 15 is 0 Å². The van der Waals surface area contributed by atoms with Crippen molar-refractivity contribution in [1.29, 1.82) is 0 Å². The minimum atomic E-state index is 0.668. The van der Waals surface area contributed by atoms with E-state index in [0.29, 0.717) is 5.78 Å². The first kappa shape index (κ1) is 13.5. The summed E-state index contributed by atoms with van der Waals surface area (Å²) < 4.78 is 6.16. The molecule has 0 saturated heterocycles. The largest absolute Gasteiger partial charge is 0.253 e. The molecule has 0 N–H and O–H groups in total. The SMILES string of the molecule is Cc1cc(C)n2nc(SCc3c(C)nsc3C)nc2n1. The lowest BCUT2D eigenvalue weighted by molar-refractivity contribution is 0.843. The van der Waals surface area contributed by atoms with Gasteiger partial charge in [-0.3, -0.25) is 0 Å². The number of aryl methyl sites for hydroxylation is 4. The van der Waals surface area contributed by atoms with Gasteiger partial charge in [-0.25, -0.2) is 9.50 Å². The fourth-order valence-electron chi connectivity index (χ4n) is 2.05. The molecule has 0 aliphatic rings. The molecule has 0 aromatic carbocycles. The van der Waals surface area contributed by atoms with E-state index in [1.165, 1.54) is 10.4 Å². The van der Waals surface area contributed by atoms with Crippen molar-refractivity contribution in [2.45, 2.75) is 38.6 Å². The van der Waals surface area contributed by atoms with Gasteiger partial charge in [0.05, 0.1) is 5.69 Å². The van der Waals surface area contributed by atoms with E-state index in [2.05, 4.69) is 26.4 Å². The van der Waals surface area contributed by atoms with Crippen molar-refractivity contribution in [3.05, 3.63) is 33.6 Å². The summed E-state index contributed by atoms with van der Waals surface area (Å²) in [7, 11) is 0. The van der Waals surface area contributed by atoms with E-state index in [0.717, 1.165) is 28.0 Å². The van der Waals surface area contributed by atoms with Crippen molar-refractivity contribution in [2.75, 3.05) is 0 Å². The predicted molar refractivity (Wildman–Crippen MR) is 81.4 cm³/mol. The number of thioether (sulfide) groups is 1. The van der Waals surface area contributed by atoms with Crippen LogP contribution in [0.1, 0.15) is 27.5 Å². The Morgan fingerprint density at radius 1 is 1.20 bits per heavy atom. The lowest BCUT2D eigenvalue weighted by Gasteiger charge is -1.98. The molecule has 0 aliphatic heterocycles. The third-order valence-corrected chi connectivity index (χ3v) is 4.88. The fourth-order valence-corrected chi connectivity index (χ4v) is 3.84. The second-order valence-corrected chi connectivity index (χ2v) is 6.66. The highest BCUT2D eigenvalue weighted by Crippen LogP contribution is 2.26. The molecule has 5 nitrogen and oxygen atoms in total. The molecule has 0 aliphatic carbocycles. The molecule has 0 amide bonds. The van der Waals surface area contributed by atoms with Crippen LogP contribution in [0.25, 0.3) is 5.78 Å². The van der Waals surface area contributed by atoms with Crippen molar-refractivity contribution in [1.82, 2.24) is 24.0 Å². The molecule has 0 bridgehead atoms. The maximum absolute atomic E-state index is 4.50. The van der Waals surface area contributed by atoms with Crippen LogP contribution in [0.4, 0.5) is 0 Å². The van der Waals surface area contributed by atoms with Crippen molar-refractivity contribution in [2.24, 2.45) is 0 Å². The molecule has 0 saturated carbocycles. The molecule has 3 aromatic heterocycles. The molecule has 3 rings (SSSR count). The number of rotatable bonds is 3. The summed E-state index contributed by atoms with van der Waals surface area (Å²) in [6.07, 6.45) is 0. The van der Waals surface area contributed by atoms with E-state index in [1.807, 2.05) is 26.8 Å². The average molecular weight is 305 g/mol. The smallest absolute Gasteiger partial charge is 0.216 e. The Labute approximate surface area is 125 Å². The van der Waals surface area contributed by atoms with Crippen LogP contribution in [0.2, 0.25) is 0 Å². The van der Waals surface area contributed by atoms with Gasteiger partial charge in [0.15, 0.2) is 0 Å². The number of hydrogen-bond acceptors (Lipinski definition) is 6. The molecule has 104 valence electrons. The predicted octanol–water partition coefficient (Wildman–Crippen LogP) is 3.11. The molecular formula is C13H15N5S2. The second kappa shape index (κ2) is 5.14. The number of fused-ring (bicyclic) bond motifs is 1. The normalized spacial score (nSPS) is 11.4. The van der Waals surface area contributed by atoms with Gasteiger partial charge in [-0.2, -0.15) is 9.36 Å². The van der Waals surface area contributed by atoms with E-state index in [1.54, 1.807) is 27.8 Å². The van der Waals surface area contributed by atoms with Crippen LogP contribution in [0.5, 0.6) is 0 Å². The van der Waals surface area contributed by atoms with Crippen LogP contribution < -0.4 is 0 Å². The quantitative estimate of drug-likeness (QED) is 0.696. The molecule has 20 heavy (non-hydrogen) atoms. The standard InChI is InChI=1S/C13H15N5S2/c1-7-5-8(2)18-12(14-7)15-13(16-18)19-6-11-9(3)17-20-10(11)4/h5H,6H2,1-4H3. The minimum absolute atomic E-state index is 0.668. The van der Waals surface area contributed by atoms with E-state index < -0.39 is 0 Å². The van der Waals surface area contributed by atoms with Crippen molar-refractivity contribution >= 4 is 29.1 Å². The molecule has 7 heteroatoms. The first-order valence-corrected chi connectivity index (χ1v) is 8.06. The summed E-state index contributed by atoms with van der Waals surface area (Å²) in [5.41, 5.74) is 4.41. The van der Waals surface area contributed by atoms with Gasteiger partial charge in [0.2, 0.25) is 5.16 Å². The van der Waals surface area contributed by atoms with Gasteiger partial charge >= 0.3 is 0 Å². The topological polar surface area (TPSA) is 56.0 Å². The zero-order valence-corrected chi connectivity index (χ0v) is 13.5. The zero-order valence-electron chi connectivity index (χ0n) is 11.8. The third kappa shape index (κ3) is 2.43. The van der Waals surface area contributed by atoms with E-state index in [9.17, 15) is 0 Å². The summed E-state index contributed by atoms with van der Waals surface area (Å²) >= 11 is 3.18. The summed E-state index contributed by atoms with van der Waals surface area (Å²) in [4.78, 5) is 10.2. The first-order chi connectivity index (χ1) is 9.54. The molecule has 0 fully saturated rings. The summed E-state index contributed by atoms with van der Waals surface area (Å²) in [6.45, 7) is 8.14. The number of aromatic nitrogens is 5. The van der Waals surface area contributed by atoms with Gasteiger partial charge in [0.25, 0.3) is 5.78 Å². The van der Waals surface area contributed by atoms with Crippen LogP contribution in [-0.2, 0) is 5.75 Å². The summed E-state index contributed by atoms with van der Waals surface area (Å²) in [6, 6.07) is 2.01. The molecule has 0 radical (unpaired) electrons. The van der Waals surface area contributed by atoms with Gasteiger partial charge < -0.3 is 0 Å². The van der Waals surface area contributed by atoms with Crippen molar-refractivity contribution < 1.29 is 0 Å². The van der Waals surface area contributed by atoms with Gasteiger partial charge in [0.1, 0.15) is 0 Å². The molecule has 0 spiro atoms. The first-order valence-electron chi connectivity index (χ1n) is 6.30. The Balaban J connectivity index is 1.87. The number of hydrogen-bond donors (Lipinski definition) is 0. The van der Waals surface area contributed by atoms with Gasteiger partial charge in [-0.1, -0.05) is 11.8 Å².